The summed E-state index contributed by atoms with van der Waals surface area (Å²) in [4.78, 5) is 20.8. The number of nitro groups is 1. The predicted octanol–water partition coefficient (Wildman–Crippen LogP) is 2.89. The Hall–Kier alpha value is -2.18. The molecule has 0 bridgehead atoms. The summed E-state index contributed by atoms with van der Waals surface area (Å²) in [5.41, 5.74) is -1.07. The van der Waals surface area contributed by atoms with Crippen molar-refractivity contribution in [3.63, 3.8) is 0 Å². The first-order chi connectivity index (χ1) is 9.22. The average molecular weight is 282 g/mol. The van der Waals surface area contributed by atoms with Gasteiger partial charge in [-0.2, -0.15) is 0 Å². The van der Waals surface area contributed by atoms with E-state index in [9.17, 15) is 19.3 Å². The third-order valence-corrected chi connectivity index (χ3v) is 3.77. The lowest BCUT2D eigenvalue weighted by Gasteiger charge is -2.10. The van der Waals surface area contributed by atoms with Gasteiger partial charge >= 0.3 is 5.97 Å². The number of carbonyl (C=O) groups is 1. The first-order valence-corrected chi connectivity index (χ1v) is 6.17. The summed E-state index contributed by atoms with van der Waals surface area (Å²) in [6, 6.07) is 1.62. The van der Waals surface area contributed by atoms with Crippen LogP contribution in [0.1, 0.15) is 30.6 Å². The molecule has 1 unspecified atom stereocenters. The molecule has 6 nitrogen and oxygen atoms in total. The Bertz CT molecular complexity index is 586. The summed E-state index contributed by atoms with van der Waals surface area (Å²) >= 11 is 0. The van der Waals surface area contributed by atoms with Gasteiger partial charge in [-0.15, -0.1) is 0 Å². The molecule has 0 heterocycles. The van der Waals surface area contributed by atoms with Crippen LogP contribution in [0, 0.1) is 27.3 Å². The van der Waals surface area contributed by atoms with E-state index in [1.807, 2.05) is 0 Å². The van der Waals surface area contributed by atoms with Crippen molar-refractivity contribution in [1.82, 2.24) is 0 Å². The maximum Gasteiger partial charge on any atom is 0.342 e. The summed E-state index contributed by atoms with van der Waals surface area (Å²) in [5, 5.41) is 22.5. The number of carboxylic acid groups (broad SMARTS) is 1. The van der Waals surface area contributed by atoms with Crippen LogP contribution in [0.3, 0.4) is 0 Å². The SMILES string of the molecule is CC1(C)CC1CNc1cc(C(=O)O)c([N+](=O)[O-])cc1F. The normalized spacial score (nSPS) is 19.4. The van der Waals surface area contributed by atoms with Gasteiger partial charge in [0.25, 0.3) is 5.69 Å². The van der Waals surface area contributed by atoms with Crippen LogP contribution in [0.15, 0.2) is 12.1 Å². The maximum atomic E-state index is 13.8. The van der Waals surface area contributed by atoms with Gasteiger partial charge in [0.05, 0.1) is 16.7 Å². The number of hydrogen-bond acceptors (Lipinski definition) is 4. The maximum absolute atomic E-state index is 13.8. The minimum atomic E-state index is -1.45. The fourth-order valence-electron chi connectivity index (χ4n) is 2.18. The monoisotopic (exact) mass is 282 g/mol. The molecule has 1 aliphatic rings. The number of nitrogens with zero attached hydrogens (tertiary/aromatic N) is 1. The van der Waals surface area contributed by atoms with Crippen LogP contribution >= 0.6 is 0 Å². The van der Waals surface area contributed by atoms with E-state index in [0.717, 1.165) is 12.5 Å². The van der Waals surface area contributed by atoms with Crippen LogP contribution in [0.2, 0.25) is 0 Å². The number of halogens is 1. The third kappa shape index (κ3) is 2.71. The van der Waals surface area contributed by atoms with E-state index in [-0.39, 0.29) is 11.1 Å². The second-order valence-electron chi connectivity index (χ2n) is 5.68. The number of benzene rings is 1. The van der Waals surface area contributed by atoms with Gasteiger partial charge in [0, 0.05) is 6.54 Å². The van der Waals surface area contributed by atoms with Crippen LogP contribution < -0.4 is 5.32 Å². The molecule has 0 spiro atoms. The summed E-state index contributed by atoms with van der Waals surface area (Å²) in [5.74, 6) is -1.88. The van der Waals surface area contributed by atoms with Crippen LogP contribution in [-0.4, -0.2) is 22.5 Å². The Morgan fingerprint density at radius 1 is 1.60 bits per heavy atom. The molecule has 0 saturated heterocycles. The number of nitro benzene ring substituents is 1. The Morgan fingerprint density at radius 2 is 2.20 bits per heavy atom. The number of carboxylic acids is 1. The second-order valence-corrected chi connectivity index (χ2v) is 5.68. The smallest absolute Gasteiger partial charge is 0.342 e. The molecule has 20 heavy (non-hydrogen) atoms. The highest BCUT2D eigenvalue weighted by Crippen LogP contribution is 2.51. The van der Waals surface area contributed by atoms with Crippen LogP contribution in [0.5, 0.6) is 0 Å². The molecule has 108 valence electrons. The van der Waals surface area contributed by atoms with Crippen molar-refractivity contribution in [3.05, 3.63) is 33.6 Å². The Labute approximate surface area is 114 Å². The highest BCUT2D eigenvalue weighted by molar-refractivity contribution is 5.93. The zero-order valence-electron chi connectivity index (χ0n) is 11.1. The first kappa shape index (κ1) is 14.2. The minimum Gasteiger partial charge on any atom is -0.477 e. The molecule has 1 aromatic carbocycles. The van der Waals surface area contributed by atoms with E-state index in [4.69, 9.17) is 5.11 Å². The minimum absolute atomic E-state index is 0.0179. The lowest BCUT2D eigenvalue weighted by molar-refractivity contribution is -0.385. The first-order valence-electron chi connectivity index (χ1n) is 6.17. The molecule has 2 rings (SSSR count). The highest BCUT2D eigenvalue weighted by Gasteiger charge is 2.45. The number of aromatic carboxylic acids is 1. The van der Waals surface area contributed by atoms with Gasteiger partial charge in [-0.25, -0.2) is 9.18 Å². The van der Waals surface area contributed by atoms with Gasteiger partial charge in [-0.05, 0) is 23.8 Å². The summed E-state index contributed by atoms with van der Waals surface area (Å²) in [6.07, 6.45) is 1.01. The van der Waals surface area contributed by atoms with Gasteiger partial charge < -0.3 is 10.4 Å². The third-order valence-electron chi connectivity index (χ3n) is 3.77. The molecule has 1 aliphatic carbocycles. The van der Waals surface area contributed by atoms with Gasteiger partial charge in [0.1, 0.15) is 5.56 Å². The zero-order valence-corrected chi connectivity index (χ0v) is 11.1. The number of hydrogen-bond donors (Lipinski definition) is 2. The van der Waals surface area contributed by atoms with Crippen molar-refractivity contribution in [1.29, 1.82) is 0 Å². The van der Waals surface area contributed by atoms with Crippen molar-refractivity contribution in [2.45, 2.75) is 20.3 Å². The molecule has 0 aromatic heterocycles. The summed E-state index contributed by atoms with van der Waals surface area (Å²) in [7, 11) is 0. The lowest BCUT2D eigenvalue weighted by Crippen LogP contribution is -2.11. The second kappa shape index (κ2) is 4.73. The molecule has 0 radical (unpaired) electrons. The fourth-order valence-corrected chi connectivity index (χ4v) is 2.18. The molecule has 0 aliphatic heterocycles. The van der Waals surface area contributed by atoms with Crippen molar-refractivity contribution >= 4 is 17.3 Å². The average Bonchev–Trinajstić information content (AvgIpc) is 2.94. The topological polar surface area (TPSA) is 92.5 Å². The van der Waals surface area contributed by atoms with Gasteiger partial charge in [-0.1, -0.05) is 13.8 Å². The fraction of sp³-hybridized carbons (Fsp3) is 0.462. The van der Waals surface area contributed by atoms with E-state index in [2.05, 4.69) is 19.2 Å². The number of rotatable bonds is 5. The van der Waals surface area contributed by atoms with Crippen molar-refractivity contribution in [2.75, 3.05) is 11.9 Å². The van der Waals surface area contributed by atoms with Crippen LogP contribution in [-0.2, 0) is 0 Å². The van der Waals surface area contributed by atoms with Crippen LogP contribution in [0.4, 0.5) is 15.8 Å². The molecule has 2 N–H and O–H groups in total. The Balaban J connectivity index is 2.23. The molecule has 1 aromatic rings. The zero-order chi connectivity index (χ0) is 15.1. The Morgan fingerprint density at radius 3 is 2.65 bits per heavy atom. The van der Waals surface area contributed by atoms with Gasteiger partial charge in [0.15, 0.2) is 5.82 Å². The van der Waals surface area contributed by atoms with E-state index >= 15 is 0 Å². The molecule has 1 atom stereocenters. The highest BCUT2D eigenvalue weighted by atomic mass is 19.1. The van der Waals surface area contributed by atoms with Gasteiger partial charge in [-0.3, -0.25) is 10.1 Å². The summed E-state index contributed by atoms with van der Waals surface area (Å²) in [6.45, 7) is 4.70. The predicted molar refractivity (Wildman–Crippen MR) is 70.4 cm³/mol. The van der Waals surface area contributed by atoms with Crippen molar-refractivity contribution in [3.8, 4) is 0 Å². The molecule has 0 amide bonds. The van der Waals surface area contributed by atoms with Crippen molar-refractivity contribution in [2.24, 2.45) is 11.3 Å². The molecule has 1 saturated carbocycles. The summed E-state index contributed by atoms with van der Waals surface area (Å²) < 4.78 is 13.8. The lowest BCUT2D eigenvalue weighted by atomic mass is 10.1. The number of nitrogens with one attached hydrogen (secondary N) is 1. The van der Waals surface area contributed by atoms with E-state index in [0.29, 0.717) is 18.5 Å². The van der Waals surface area contributed by atoms with E-state index < -0.39 is 28.0 Å². The van der Waals surface area contributed by atoms with E-state index in [1.54, 1.807) is 0 Å². The van der Waals surface area contributed by atoms with E-state index in [1.165, 1.54) is 0 Å². The number of anilines is 1. The van der Waals surface area contributed by atoms with Crippen molar-refractivity contribution < 1.29 is 19.2 Å². The van der Waals surface area contributed by atoms with Gasteiger partial charge in [0.2, 0.25) is 0 Å². The largest absolute Gasteiger partial charge is 0.477 e. The quantitative estimate of drug-likeness (QED) is 0.640. The molecule has 1 fully saturated rings. The molecular formula is C13H15FN2O4. The van der Waals surface area contributed by atoms with Crippen LogP contribution in [0.25, 0.3) is 0 Å². The molecular weight excluding hydrogens is 267 g/mol. The Kier molecular flexibility index (Phi) is 3.37. The molecule has 7 heteroatoms. The standard InChI is InChI=1S/C13H15FN2O4/c1-13(2)5-7(13)6-15-10-3-8(12(17)18)11(16(19)20)4-9(10)14/h3-4,7,15H,5-6H2,1-2H3,(H,17,18).